The number of alkyl halides is 3. The molecule has 0 radical (unpaired) electrons. The van der Waals surface area contributed by atoms with Crippen LogP contribution in [0.5, 0.6) is 0 Å². The fourth-order valence-electron chi connectivity index (χ4n) is 2.00. The molecule has 1 aromatic rings. The third-order valence-electron chi connectivity index (χ3n) is 2.73. The normalized spacial score (nSPS) is 14.6. The molecule has 2 N–H and O–H groups in total. The van der Waals surface area contributed by atoms with E-state index in [4.69, 9.17) is 0 Å². The van der Waals surface area contributed by atoms with Crippen LogP contribution in [-0.4, -0.2) is 18.6 Å². The number of hydrogen-bond donors (Lipinski definition) is 2. The van der Waals surface area contributed by atoms with Gasteiger partial charge in [0.15, 0.2) is 0 Å². The molecule has 3 nitrogen and oxygen atoms in total. The second kappa shape index (κ2) is 4.88. The average molecular weight is 258 g/mol. The SMILES string of the molecule is O=C(CC(F)(F)F)Nc1cccc2c1CCCN2. The zero-order valence-electron chi connectivity index (χ0n) is 9.60. The minimum Gasteiger partial charge on any atom is -0.385 e. The highest BCUT2D eigenvalue weighted by molar-refractivity contribution is 5.93. The Bertz CT molecular complexity index is 457. The number of rotatable bonds is 2. The van der Waals surface area contributed by atoms with Gasteiger partial charge in [0.2, 0.25) is 5.91 Å². The summed E-state index contributed by atoms with van der Waals surface area (Å²) >= 11 is 0. The van der Waals surface area contributed by atoms with Crippen molar-refractivity contribution in [2.75, 3.05) is 17.2 Å². The summed E-state index contributed by atoms with van der Waals surface area (Å²) in [7, 11) is 0. The molecule has 6 heteroatoms. The number of hydrogen-bond acceptors (Lipinski definition) is 2. The lowest BCUT2D eigenvalue weighted by atomic mass is 10.0. The van der Waals surface area contributed by atoms with Crippen LogP contribution >= 0.6 is 0 Å². The first kappa shape index (κ1) is 12.7. The molecule has 1 heterocycles. The van der Waals surface area contributed by atoms with Crippen LogP contribution in [0, 0.1) is 0 Å². The predicted octanol–water partition coefficient (Wildman–Crippen LogP) is 2.94. The van der Waals surface area contributed by atoms with Gasteiger partial charge in [0.25, 0.3) is 0 Å². The Labute approximate surface area is 102 Å². The van der Waals surface area contributed by atoms with Crippen molar-refractivity contribution in [2.45, 2.75) is 25.4 Å². The molecule has 1 amide bonds. The molecule has 98 valence electrons. The molecular formula is C12H13F3N2O. The summed E-state index contributed by atoms with van der Waals surface area (Å²) in [6, 6.07) is 5.19. The number of carbonyl (C=O) groups is 1. The lowest BCUT2D eigenvalue weighted by Crippen LogP contribution is -2.22. The maximum Gasteiger partial charge on any atom is 0.397 e. The molecule has 0 aromatic heterocycles. The molecule has 0 bridgehead atoms. The molecule has 1 aliphatic heterocycles. The van der Waals surface area contributed by atoms with Crippen LogP contribution in [0.1, 0.15) is 18.4 Å². The molecule has 0 aliphatic carbocycles. The predicted molar refractivity (Wildman–Crippen MR) is 62.6 cm³/mol. The van der Waals surface area contributed by atoms with Crippen molar-refractivity contribution in [3.05, 3.63) is 23.8 Å². The van der Waals surface area contributed by atoms with Gasteiger partial charge in [-0.15, -0.1) is 0 Å². The van der Waals surface area contributed by atoms with Crippen molar-refractivity contribution >= 4 is 17.3 Å². The zero-order valence-corrected chi connectivity index (χ0v) is 9.60. The first-order valence-corrected chi connectivity index (χ1v) is 5.68. The van der Waals surface area contributed by atoms with Crippen LogP contribution in [0.2, 0.25) is 0 Å². The van der Waals surface area contributed by atoms with Crippen molar-refractivity contribution in [1.29, 1.82) is 0 Å². The topological polar surface area (TPSA) is 41.1 Å². The van der Waals surface area contributed by atoms with E-state index in [1.54, 1.807) is 12.1 Å². The maximum absolute atomic E-state index is 12.1. The van der Waals surface area contributed by atoms with E-state index in [9.17, 15) is 18.0 Å². The lowest BCUT2D eigenvalue weighted by Gasteiger charge is -2.21. The molecule has 0 saturated heterocycles. The molecule has 0 unspecified atom stereocenters. The van der Waals surface area contributed by atoms with Gasteiger partial charge in [-0.25, -0.2) is 0 Å². The second-order valence-corrected chi connectivity index (χ2v) is 4.20. The number of benzene rings is 1. The van der Waals surface area contributed by atoms with E-state index in [0.29, 0.717) is 5.69 Å². The molecular weight excluding hydrogens is 245 g/mol. The van der Waals surface area contributed by atoms with Gasteiger partial charge in [-0.1, -0.05) is 6.07 Å². The molecule has 0 fully saturated rings. The monoisotopic (exact) mass is 258 g/mol. The second-order valence-electron chi connectivity index (χ2n) is 4.20. The zero-order chi connectivity index (χ0) is 13.2. The number of anilines is 2. The van der Waals surface area contributed by atoms with Crippen molar-refractivity contribution in [1.82, 2.24) is 0 Å². The fourth-order valence-corrected chi connectivity index (χ4v) is 2.00. The van der Waals surface area contributed by atoms with Crippen molar-refractivity contribution in [3.63, 3.8) is 0 Å². The Kier molecular flexibility index (Phi) is 3.45. The van der Waals surface area contributed by atoms with Gasteiger partial charge in [-0.05, 0) is 30.5 Å². The first-order chi connectivity index (χ1) is 8.46. The van der Waals surface area contributed by atoms with E-state index >= 15 is 0 Å². The molecule has 18 heavy (non-hydrogen) atoms. The molecule has 2 rings (SSSR count). The van der Waals surface area contributed by atoms with E-state index < -0.39 is 18.5 Å². The average Bonchev–Trinajstić information content (AvgIpc) is 2.27. The van der Waals surface area contributed by atoms with Gasteiger partial charge in [0, 0.05) is 17.9 Å². The fraction of sp³-hybridized carbons (Fsp3) is 0.417. The highest BCUT2D eigenvalue weighted by Gasteiger charge is 2.31. The number of nitrogens with one attached hydrogen (secondary N) is 2. The summed E-state index contributed by atoms with van der Waals surface area (Å²) in [4.78, 5) is 11.3. The number of halogens is 3. The Morgan fingerprint density at radius 1 is 1.39 bits per heavy atom. The van der Waals surface area contributed by atoms with Crippen LogP contribution < -0.4 is 10.6 Å². The van der Waals surface area contributed by atoms with Gasteiger partial charge < -0.3 is 10.6 Å². The molecule has 1 aliphatic rings. The van der Waals surface area contributed by atoms with Gasteiger partial charge in [-0.2, -0.15) is 13.2 Å². The summed E-state index contributed by atoms with van der Waals surface area (Å²) in [5.41, 5.74) is 2.22. The summed E-state index contributed by atoms with van der Waals surface area (Å²) in [6.07, 6.45) is -4.27. The number of carbonyl (C=O) groups excluding carboxylic acids is 1. The summed E-state index contributed by atoms with van der Waals surface area (Å²) < 4.78 is 36.2. The van der Waals surface area contributed by atoms with Crippen LogP contribution in [0.15, 0.2) is 18.2 Å². The van der Waals surface area contributed by atoms with Gasteiger partial charge in [0.1, 0.15) is 6.42 Å². The third kappa shape index (κ3) is 3.15. The van der Waals surface area contributed by atoms with Crippen molar-refractivity contribution in [3.8, 4) is 0 Å². The molecule has 0 spiro atoms. The van der Waals surface area contributed by atoms with Crippen molar-refractivity contribution in [2.24, 2.45) is 0 Å². The maximum atomic E-state index is 12.1. The Morgan fingerprint density at radius 2 is 2.17 bits per heavy atom. The minimum absolute atomic E-state index is 0.467. The van der Waals surface area contributed by atoms with E-state index in [1.807, 2.05) is 6.07 Å². The minimum atomic E-state index is -4.48. The Hall–Kier alpha value is -1.72. The molecule has 0 atom stereocenters. The van der Waals surface area contributed by atoms with E-state index in [-0.39, 0.29) is 0 Å². The third-order valence-corrected chi connectivity index (χ3v) is 2.73. The van der Waals surface area contributed by atoms with E-state index in [0.717, 1.165) is 30.6 Å². The lowest BCUT2D eigenvalue weighted by molar-refractivity contribution is -0.150. The number of fused-ring (bicyclic) bond motifs is 1. The highest BCUT2D eigenvalue weighted by Crippen LogP contribution is 2.29. The van der Waals surface area contributed by atoms with Gasteiger partial charge in [-0.3, -0.25) is 4.79 Å². The smallest absolute Gasteiger partial charge is 0.385 e. The van der Waals surface area contributed by atoms with Crippen LogP contribution in [0.4, 0.5) is 24.5 Å². The van der Waals surface area contributed by atoms with Gasteiger partial charge >= 0.3 is 6.18 Å². The summed E-state index contributed by atoms with van der Waals surface area (Å²) in [5.74, 6) is -1.03. The standard InChI is InChI=1S/C12H13F3N2O/c13-12(14,15)7-11(18)17-10-5-1-4-9-8(10)3-2-6-16-9/h1,4-5,16H,2-3,6-7H2,(H,17,18). The van der Waals surface area contributed by atoms with Crippen molar-refractivity contribution < 1.29 is 18.0 Å². The summed E-state index contributed by atoms with van der Waals surface area (Å²) in [6.45, 7) is 0.840. The molecule has 0 saturated carbocycles. The Balaban J connectivity index is 2.12. The van der Waals surface area contributed by atoms with Crippen LogP contribution in [0.3, 0.4) is 0 Å². The molecule has 1 aromatic carbocycles. The Morgan fingerprint density at radius 3 is 2.89 bits per heavy atom. The van der Waals surface area contributed by atoms with Crippen LogP contribution in [-0.2, 0) is 11.2 Å². The van der Waals surface area contributed by atoms with Crippen LogP contribution in [0.25, 0.3) is 0 Å². The van der Waals surface area contributed by atoms with Gasteiger partial charge in [0.05, 0.1) is 0 Å². The van der Waals surface area contributed by atoms with E-state index in [1.165, 1.54) is 0 Å². The number of amides is 1. The largest absolute Gasteiger partial charge is 0.397 e. The quantitative estimate of drug-likeness (QED) is 0.856. The first-order valence-electron chi connectivity index (χ1n) is 5.68. The summed E-state index contributed by atoms with van der Waals surface area (Å²) in [5, 5.41) is 5.48. The van der Waals surface area contributed by atoms with E-state index in [2.05, 4.69) is 10.6 Å². The highest BCUT2D eigenvalue weighted by atomic mass is 19.4.